The van der Waals surface area contributed by atoms with Gasteiger partial charge in [0.25, 0.3) is 0 Å². The number of hydrogen-bond donors (Lipinski definition) is 3. The van der Waals surface area contributed by atoms with Gasteiger partial charge in [0.05, 0.1) is 11.7 Å². The lowest BCUT2D eigenvalue weighted by Crippen LogP contribution is -2.36. The Morgan fingerprint density at radius 2 is 1.94 bits per heavy atom. The van der Waals surface area contributed by atoms with E-state index in [1.807, 2.05) is 37.3 Å². The molecule has 0 aliphatic heterocycles. The van der Waals surface area contributed by atoms with E-state index in [2.05, 4.69) is 5.32 Å². The Morgan fingerprint density at radius 3 is 2.53 bits per heavy atom. The lowest BCUT2D eigenvalue weighted by molar-refractivity contribution is 0.0555. The average molecular weight is 237 g/mol. The van der Waals surface area contributed by atoms with E-state index >= 15 is 0 Å². The third kappa shape index (κ3) is 4.86. The van der Waals surface area contributed by atoms with Crippen LogP contribution in [0.3, 0.4) is 0 Å². The molecular formula is C14H23NO2. The Bertz CT molecular complexity index is 311. The molecule has 17 heavy (non-hydrogen) atoms. The molecule has 0 fully saturated rings. The fourth-order valence-electron chi connectivity index (χ4n) is 1.70. The highest BCUT2D eigenvalue weighted by Gasteiger charge is 2.21. The molecule has 2 unspecified atom stereocenters. The van der Waals surface area contributed by atoms with Crippen LogP contribution in [-0.4, -0.2) is 29.4 Å². The first kappa shape index (κ1) is 14.2. The zero-order chi connectivity index (χ0) is 12.7. The van der Waals surface area contributed by atoms with Crippen LogP contribution in [-0.2, 0) is 5.60 Å². The van der Waals surface area contributed by atoms with Crippen molar-refractivity contribution in [3.63, 3.8) is 0 Å². The minimum Gasteiger partial charge on any atom is -0.393 e. The van der Waals surface area contributed by atoms with Crippen LogP contribution < -0.4 is 5.32 Å². The highest BCUT2D eigenvalue weighted by atomic mass is 16.3. The van der Waals surface area contributed by atoms with Gasteiger partial charge in [0, 0.05) is 6.54 Å². The van der Waals surface area contributed by atoms with Gasteiger partial charge in [-0.3, -0.25) is 0 Å². The van der Waals surface area contributed by atoms with Gasteiger partial charge >= 0.3 is 0 Å². The molecule has 2 atom stereocenters. The molecular weight excluding hydrogens is 214 g/mol. The molecule has 0 bridgehead atoms. The molecule has 0 saturated carbocycles. The Balaban J connectivity index is 2.35. The molecule has 0 heterocycles. The van der Waals surface area contributed by atoms with Crippen LogP contribution in [0.1, 0.15) is 32.3 Å². The highest BCUT2D eigenvalue weighted by Crippen LogP contribution is 2.18. The van der Waals surface area contributed by atoms with Crippen molar-refractivity contribution in [2.45, 2.75) is 38.4 Å². The van der Waals surface area contributed by atoms with Gasteiger partial charge in [-0.25, -0.2) is 0 Å². The van der Waals surface area contributed by atoms with Crippen LogP contribution in [0, 0.1) is 0 Å². The molecule has 96 valence electrons. The van der Waals surface area contributed by atoms with Gasteiger partial charge in [0.15, 0.2) is 0 Å². The largest absolute Gasteiger partial charge is 0.393 e. The van der Waals surface area contributed by atoms with Crippen molar-refractivity contribution >= 4 is 0 Å². The minimum absolute atomic E-state index is 0.246. The van der Waals surface area contributed by atoms with Crippen LogP contribution >= 0.6 is 0 Å². The fourth-order valence-corrected chi connectivity index (χ4v) is 1.70. The molecule has 0 spiro atoms. The summed E-state index contributed by atoms with van der Waals surface area (Å²) in [5.74, 6) is 0. The summed E-state index contributed by atoms with van der Waals surface area (Å²) >= 11 is 0. The lowest BCUT2D eigenvalue weighted by atomic mass is 9.96. The van der Waals surface area contributed by atoms with Crippen LogP contribution in [0.25, 0.3) is 0 Å². The topological polar surface area (TPSA) is 52.5 Å². The predicted octanol–water partition coefficient (Wildman–Crippen LogP) is 1.64. The second-order valence-corrected chi connectivity index (χ2v) is 4.67. The van der Waals surface area contributed by atoms with Crippen LogP contribution in [0.2, 0.25) is 0 Å². The Labute approximate surface area is 103 Å². The van der Waals surface area contributed by atoms with Gasteiger partial charge in [-0.15, -0.1) is 0 Å². The van der Waals surface area contributed by atoms with Crippen molar-refractivity contribution < 1.29 is 10.2 Å². The second-order valence-electron chi connectivity index (χ2n) is 4.67. The molecule has 0 saturated heterocycles. The number of hydrogen-bond acceptors (Lipinski definition) is 3. The number of aliphatic hydroxyl groups excluding tert-OH is 1. The van der Waals surface area contributed by atoms with Gasteiger partial charge in [-0.05, 0) is 31.9 Å². The molecule has 1 aromatic carbocycles. The number of aliphatic hydroxyl groups is 2. The van der Waals surface area contributed by atoms with Crippen molar-refractivity contribution in [1.82, 2.24) is 5.32 Å². The van der Waals surface area contributed by atoms with Gasteiger partial charge in [-0.1, -0.05) is 37.3 Å². The van der Waals surface area contributed by atoms with Crippen LogP contribution in [0.4, 0.5) is 0 Å². The Kier molecular flexibility index (Phi) is 5.62. The first-order chi connectivity index (χ1) is 8.06. The van der Waals surface area contributed by atoms with Crippen LogP contribution in [0.5, 0.6) is 0 Å². The molecule has 3 nitrogen and oxygen atoms in total. The number of nitrogens with one attached hydrogen (secondary N) is 1. The third-order valence-corrected chi connectivity index (χ3v) is 2.99. The lowest BCUT2D eigenvalue weighted by Gasteiger charge is -2.24. The van der Waals surface area contributed by atoms with Crippen molar-refractivity contribution in [3.05, 3.63) is 35.9 Å². The third-order valence-electron chi connectivity index (χ3n) is 2.99. The maximum absolute atomic E-state index is 10.3. The van der Waals surface area contributed by atoms with E-state index in [1.54, 1.807) is 6.92 Å². The van der Waals surface area contributed by atoms with E-state index in [1.165, 1.54) is 0 Å². The average Bonchev–Trinajstić information content (AvgIpc) is 2.35. The molecule has 3 heteroatoms. The van der Waals surface area contributed by atoms with Crippen molar-refractivity contribution in [2.75, 3.05) is 13.1 Å². The van der Waals surface area contributed by atoms with E-state index in [0.717, 1.165) is 24.9 Å². The van der Waals surface area contributed by atoms with E-state index in [-0.39, 0.29) is 6.10 Å². The maximum atomic E-state index is 10.3. The molecule has 1 rings (SSSR count). The summed E-state index contributed by atoms with van der Waals surface area (Å²) in [6.07, 6.45) is 1.25. The van der Waals surface area contributed by atoms with Crippen molar-refractivity contribution in [2.24, 2.45) is 0 Å². The Hall–Kier alpha value is -0.900. The normalized spacial score (nSPS) is 16.5. The van der Waals surface area contributed by atoms with Crippen molar-refractivity contribution in [1.29, 1.82) is 0 Å². The summed E-state index contributed by atoms with van der Waals surface area (Å²) in [4.78, 5) is 0. The molecule has 0 aromatic heterocycles. The van der Waals surface area contributed by atoms with Gasteiger partial charge in [0.1, 0.15) is 0 Å². The monoisotopic (exact) mass is 237 g/mol. The SMILES string of the molecule is CCC(O)CCNCC(C)(O)c1ccccc1. The van der Waals surface area contributed by atoms with Gasteiger partial charge in [-0.2, -0.15) is 0 Å². The highest BCUT2D eigenvalue weighted by molar-refractivity contribution is 5.21. The van der Waals surface area contributed by atoms with Crippen molar-refractivity contribution in [3.8, 4) is 0 Å². The van der Waals surface area contributed by atoms with Crippen LogP contribution in [0.15, 0.2) is 30.3 Å². The molecule has 3 N–H and O–H groups in total. The van der Waals surface area contributed by atoms with E-state index < -0.39 is 5.60 Å². The summed E-state index contributed by atoms with van der Waals surface area (Å²) in [7, 11) is 0. The summed E-state index contributed by atoms with van der Waals surface area (Å²) in [6.45, 7) is 4.97. The Morgan fingerprint density at radius 1 is 1.29 bits per heavy atom. The van der Waals surface area contributed by atoms with Gasteiger partial charge < -0.3 is 15.5 Å². The first-order valence-electron chi connectivity index (χ1n) is 6.23. The molecule has 1 aromatic rings. The molecule has 0 amide bonds. The predicted molar refractivity (Wildman–Crippen MR) is 69.8 cm³/mol. The standard InChI is InChI=1S/C14H23NO2/c1-3-13(16)9-10-15-11-14(2,17)12-7-5-4-6-8-12/h4-8,13,15-17H,3,9-11H2,1-2H3. The summed E-state index contributed by atoms with van der Waals surface area (Å²) in [5.41, 5.74) is 0.0434. The summed E-state index contributed by atoms with van der Waals surface area (Å²) in [5, 5.41) is 22.9. The molecule has 0 radical (unpaired) electrons. The summed E-state index contributed by atoms with van der Waals surface area (Å²) in [6, 6.07) is 9.62. The fraction of sp³-hybridized carbons (Fsp3) is 0.571. The van der Waals surface area contributed by atoms with Gasteiger partial charge in [0.2, 0.25) is 0 Å². The molecule has 0 aliphatic rings. The maximum Gasteiger partial charge on any atom is 0.0992 e. The number of benzene rings is 1. The molecule has 0 aliphatic carbocycles. The minimum atomic E-state index is -0.863. The summed E-state index contributed by atoms with van der Waals surface area (Å²) < 4.78 is 0. The quantitative estimate of drug-likeness (QED) is 0.632. The first-order valence-corrected chi connectivity index (χ1v) is 6.23. The smallest absolute Gasteiger partial charge is 0.0992 e. The number of rotatable bonds is 7. The zero-order valence-electron chi connectivity index (χ0n) is 10.7. The van der Waals surface area contributed by atoms with E-state index in [9.17, 15) is 10.2 Å². The van der Waals surface area contributed by atoms with E-state index in [4.69, 9.17) is 0 Å². The second kappa shape index (κ2) is 6.74. The van der Waals surface area contributed by atoms with E-state index in [0.29, 0.717) is 6.54 Å². The zero-order valence-corrected chi connectivity index (χ0v) is 10.7.